The number of hydrogen-bond donors (Lipinski definition) is 3. The van der Waals surface area contributed by atoms with Gasteiger partial charge >= 0.3 is 5.97 Å². The molecular formula is C15H11B2ClN2O5. The van der Waals surface area contributed by atoms with Gasteiger partial charge < -0.3 is 20.3 Å². The predicted octanol–water partition coefficient (Wildman–Crippen LogP) is 0.707. The number of halogens is 1. The van der Waals surface area contributed by atoms with Gasteiger partial charge in [0.05, 0.1) is 12.4 Å². The Kier molecular flexibility index (Phi) is 5.27. The van der Waals surface area contributed by atoms with Crippen molar-refractivity contribution in [2.24, 2.45) is 0 Å². The lowest BCUT2D eigenvalue weighted by atomic mass is 9.62. The highest BCUT2D eigenvalue weighted by molar-refractivity contribution is 6.51. The average Bonchev–Trinajstić information content (AvgIpc) is 2.55. The van der Waals surface area contributed by atoms with Gasteiger partial charge in [0.2, 0.25) is 0 Å². The number of rotatable bonds is 4. The number of esters is 1. The molecule has 25 heavy (non-hydrogen) atoms. The van der Waals surface area contributed by atoms with Crippen LogP contribution in [0.1, 0.15) is 10.5 Å². The molecular weight excluding hydrogens is 345 g/mol. The van der Waals surface area contributed by atoms with Crippen molar-refractivity contribution < 1.29 is 24.5 Å². The molecule has 4 radical (unpaired) electrons. The first-order valence-electron chi connectivity index (χ1n) is 6.82. The number of benzene rings is 1. The number of carbonyl (C=O) groups is 2. The number of phenols is 1. The molecule has 1 heterocycles. The molecule has 0 aliphatic heterocycles. The lowest BCUT2D eigenvalue weighted by Crippen LogP contribution is -2.56. The molecule has 1 amide bonds. The minimum atomic E-state index is -2.29. The Morgan fingerprint density at radius 3 is 2.52 bits per heavy atom. The summed E-state index contributed by atoms with van der Waals surface area (Å²) in [6.07, 6.45) is 1.23. The fourth-order valence-electron chi connectivity index (χ4n) is 1.98. The van der Waals surface area contributed by atoms with Gasteiger partial charge in [0.25, 0.3) is 5.91 Å². The minimum absolute atomic E-state index is 0.0866. The van der Waals surface area contributed by atoms with Crippen LogP contribution in [0.4, 0.5) is 0 Å². The van der Waals surface area contributed by atoms with E-state index in [2.05, 4.69) is 9.72 Å². The van der Waals surface area contributed by atoms with Crippen LogP contribution in [0.3, 0.4) is 0 Å². The number of aromatic nitrogens is 1. The fourth-order valence-corrected chi connectivity index (χ4v) is 2.15. The smallest absolute Gasteiger partial charge is 0.312 e. The number of aromatic hydroxyl groups is 2. The summed E-state index contributed by atoms with van der Waals surface area (Å²) >= 11 is 5.87. The lowest BCUT2D eigenvalue weighted by Gasteiger charge is -2.24. The maximum Gasteiger partial charge on any atom is 0.312 e. The molecule has 2 rings (SSSR count). The normalized spacial score (nSPS) is 11.0. The van der Waals surface area contributed by atoms with E-state index in [-0.39, 0.29) is 5.75 Å². The zero-order chi connectivity index (χ0) is 18.8. The van der Waals surface area contributed by atoms with Gasteiger partial charge in [-0.15, -0.1) is 0 Å². The third-order valence-corrected chi connectivity index (χ3v) is 3.43. The van der Waals surface area contributed by atoms with Crippen LogP contribution in [0, 0.1) is 0 Å². The van der Waals surface area contributed by atoms with Gasteiger partial charge in [-0.25, -0.2) is 4.98 Å². The van der Waals surface area contributed by atoms with Crippen LogP contribution < -0.4 is 5.32 Å². The van der Waals surface area contributed by atoms with E-state index in [1.54, 1.807) is 0 Å². The molecule has 0 aliphatic carbocycles. The van der Waals surface area contributed by atoms with E-state index < -0.39 is 28.7 Å². The number of methoxy groups -OCH3 is 1. The van der Waals surface area contributed by atoms with Crippen LogP contribution in [0.15, 0.2) is 30.5 Å². The Bertz CT molecular complexity index is 845. The molecule has 7 nitrogen and oxygen atoms in total. The molecule has 1 aromatic heterocycles. The van der Waals surface area contributed by atoms with Crippen molar-refractivity contribution >= 4 is 39.2 Å². The van der Waals surface area contributed by atoms with E-state index in [0.717, 1.165) is 7.11 Å². The van der Waals surface area contributed by atoms with E-state index in [0.29, 0.717) is 16.1 Å². The van der Waals surface area contributed by atoms with Crippen molar-refractivity contribution in [1.82, 2.24) is 10.3 Å². The number of phenolic OH excluding ortho intramolecular Hbond substituents is 1. The molecule has 0 spiro atoms. The summed E-state index contributed by atoms with van der Waals surface area (Å²) in [6.45, 7) is 0. The van der Waals surface area contributed by atoms with Crippen molar-refractivity contribution in [1.29, 1.82) is 0 Å². The van der Waals surface area contributed by atoms with E-state index in [9.17, 15) is 19.8 Å². The number of amides is 1. The molecule has 0 unspecified atom stereocenters. The second-order valence-corrected chi connectivity index (χ2v) is 5.50. The molecule has 3 N–H and O–H groups in total. The largest absolute Gasteiger partial charge is 0.507 e. The van der Waals surface area contributed by atoms with Crippen molar-refractivity contribution in [2.75, 3.05) is 7.11 Å². The van der Waals surface area contributed by atoms with Crippen molar-refractivity contribution in [3.8, 4) is 22.6 Å². The first kappa shape index (κ1) is 18.7. The second-order valence-electron chi connectivity index (χ2n) is 5.07. The van der Waals surface area contributed by atoms with Crippen LogP contribution in [0.2, 0.25) is 5.02 Å². The molecule has 1 aromatic carbocycles. The summed E-state index contributed by atoms with van der Waals surface area (Å²) in [7, 11) is 11.9. The molecule has 0 fully saturated rings. The van der Waals surface area contributed by atoms with Crippen LogP contribution in [0.5, 0.6) is 11.5 Å². The molecule has 10 heteroatoms. The number of carbonyl (C=O) groups excluding carboxylic acids is 2. The molecule has 2 aromatic rings. The van der Waals surface area contributed by atoms with Gasteiger partial charge in [0.15, 0.2) is 5.69 Å². The summed E-state index contributed by atoms with van der Waals surface area (Å²) in [5.41, 5.74) is 0.201. The summed E-state index contributed by atoms with van der Waals surface area (Å²) in [5, 5.41) is 20.0. The first-order valence-corrected chi connectivity index (χ1v) is 7.20. The standard InChI is InChI=1S/C15H11B2ClN2O5/c1-25-14(24)15(16,17)20-13(23)12-11(22)4-7(6-19-12)9-5-8(18)2-3-10(9)21/h2-6,21-22H,1H3,(H,20,23). The third kappa shape index (κ3) is 4.06. The van der Waals surface area contributed by atoms with Crippen molar-refractivity contribution in [3.63, 3.8) is 0 Å². The second kappa shape index (κ2) is 7.06. The first-order chi connectivity index (χ1) is 11.7. The monoisotopic (exact) mass is 356 g/mol. The van der Waals surface area contributed by atoms with Crippen LogP contribution >= 0.6 is 11.6 Å². The van der Waals surface area contributed by atoms with E-state index in [1.165, 1.54) is 30.5 Å². The highest BCUT2D eigenvalue weighted by Crippen LogP contribution is 2.33. The van der Waals surface area contributed by atoms with E-state index >= 15 is 0 Å². The molecule has 124 valence electrons. The van der Waals surface area contributed by atoms with Gasteiger partial charge in [-0.1, -0.05) is 11.6 Å². The van der Waals surface area contributed by atoms with Gasteiger partial charge in [-0.3, -0.25) is 9.59 Å². The Balaban J connectivity index is 2.32. The Hall–Kier alpha value is -2.67. The van der Waals surface area contributed by atoms with Crippen molar-refractivity contribution in [3.05, 3.63) is 41.2 Å². The van der Waals surface area contributed by atoms with Crippen LogP contribution in [0.25, 0.3) is 11.1 Å². The van der Waals surface area contributed by atoms with Gasteiger partial charge in [0, 0.05) is 22.3 Å². The number of pyridine rings is 1. The molecule has 0 aliphatic rings. The lowest BCUT2D eigenvalue weighted by molar-refractivity contribution is -0.142. The third-order valence-electron chi connectivity index (χ3n) is 3.20. The zero-order valence-electron chi connectivity index (χ0n) is 13.0. The average molecular weight is 356 g/mol. The summed E-state index contributed by atoms with van der Waals surface area (Å²) < 4.78 is 4.36. The number of ether oxygens (including phenoxy) is 1. The summed E-state index contributed by atoms with van der Waals surface area (Å²) in [5.74, 6) is -2.68. The number of nitrogens with zero attached hydrogens (tertiary/aromatic N) is 1. The molecule has 0 saturated carbocycles. The quantitative estimate of drug-likeness (QED) is 0.550. The minimum Gasteiger partial charge on any atom is -0.507 e. The zero-order valence-corrected chi connectivity index (χ0v) is 13.7. The van der Waals surface area contributed by atoms with Gasteiger partial charge in [-0.05, 0) is 24.3 Å². The number of nitrogens with one attached hydrogen (secondary N) is 1. The Morgan fingerprint density at radius 2 is 1.92 bits per heavy atom. The summed E-state index contributed by atoms with van der Waals surface area (Å²) in [6, 6.07) is 5.53. The van der Waals surface area contributed by atoms with E-state index in [4.69, 9.17) is 27.3 Å². The topological polar surface area (TPSA) is 109 Å². The Morgan fingerprint density at radius 1 is 1.24 bits per heavy atom. The van der Waals surface area contributed by atoms with Gasteiger partial charge in [-0.2, -0.15) is 0 Å². The van der Waals surface area contributed by atoms with E-state index in [1.807, 2.05) is 5.32 Å². The SMILES string of the molecule is [B]C([B])(NC(=O)c1ncc(-c2cc(Cl)ccc2O)cc1O)C(=O)OC. The Labute approximate surface area is 150 Å². The number of hydrogen-bond acceptors (Lipinski definition) is 6. The van der Waals surface area contributed by atoms with Crippen molar-refractivity contribution in [2.45, 2.75) is 5.34 Å². The molecule has 0 bridgehead atoms. The molecule has 0 saturated heterocycles. The predicted molar refractivity (Wildman–Crippen MR) is 91.7 cm³/mol. The van der Waals surface area contributed by atoms with Crippen LogP contribution in [-0.4, -0.2) is 55.2 Å². The van der Waals surface area contributed by atoms with Gasteiger partial charge in [0.1, 0.15) is 27.2 Å². The maximum atomic E-state index is 12.1. The highest BCUT2D eigenvalue weighted by atomic mass is 35.5. The summed E-state index contributed by atoms with van der Waals surface area (Å²) in [4.78, 5) is 27.3. The maximum absolute atomic E-state index is 12.1. The molecule has 0 atom stereocenters. The van der Waals surface area contributed by atoms with Crippen LogP contribution in [-0.2, 0) is 9.53 Å². The highest BCUT2D eigenvalue weighted by Gasteiger charge is 2.30. The fraction of sp³-hybridized carbons (Fsp3) is 0.133.